The summed E-state index contributed by atoms with van der Waals surface area (Å²) < 4.78 is 23.9. The van der Waals surface area contributed by atoms with Crippen molar-refractivity contribution in [3.63, 3.8) is 0 Å². The lowest BCUT2D eigenvalue weighted by atomic mass is 10.1. The van der Waals surface area contributed by atoms with Crippen LogP contribution in [-0.2, 0) is 15.6 Å². The van der Waals surface area contributed by atoms with Crippen molar-refractivity contribution in [2.45, 2.75) is 39.0 Å². The molecule has 0 amide bonds. The van der Waals surface area contributed by atoms with Crippen molar-refractivity contribution in [1.29, 1.82) is 0 Å². The molecule has 3 nitrogen and oxygen atoms in total. The van der Waals surface area contributed by atoms with E-state index in [0.717, 1.165) is 16.7 Å². The highest BCUT2D eigenvalue weighted by molar-refractivity contribution is 7.90. The Kier molecular flexibility index (Phi) is 4.71. The van der Waals surface area contributed by atoms with Gasteiger partial charge < -0.3 is 5.73 Å². The molecule has 0 spiro atoms. The van der Waals surface area contributed by atoms with E-state index < -0.39 is 9.84 Å². The first-order valence-corrected chi connectivity index (χ1v) is 7.68. The highest BCUT2D eigenvalue weighted by Crippen LogP contribution is 2.15. The minimum Gasteiger partial charge on any atom is -0.327 e. The quantitative estimate of drug-likeness (QED) is 0.875. The van der Waals surface area contributed by atoms with Crippen molar-refractivity contribution in [1.82, 2.24) is 0 Å². The Hall–Kier alpha value is -0.870. The largest absolute Gasteiger partial charge is 0.327 e. The van der Waals surface area contributed by atoms with Gasteiger partial charge in [0, 0.05) is 6.04 Å². The molecule has 0 aliphatic carbocycles. The van der Waals surface area contributed by atoms with E-state index in [2.05, 4.69) is 0 Å². The molecule has 17 heavy (non-hydrogen) atoms. The fourth-order valence-electron chi connectivity index (χ4n) is 1.70. The van der Waals surface area contributed by atoms with Gasteiger partial charge in [-0.15, -0.1) is 0 Å². The van der Waals surface area contributed by atoms with Gasteiger partial charge in [-0.2, -0.15) is 0 Å². The molecule has 1 aromatic rings. The topological polar surface area (TPSA) is 60.2 Å². The molecule has 0 aliphatic heterocycles. The first-order chi connectivity index (χ1) is 7.84. The van der Waals surface area contributed by atoms with Crippen molar-refractivity contribution in [2.75, 3.05) is 5.75 Å². The van der Waals surface area contributed by atoms with Gasteiger partial charge in [0.2, 0.25) is 0 Å². The summed E-state index contributed by atoms with van der Waals surface area (Å²) in [6, 6.07) is 5.62. The maximum atomic E-state index is 12.0. The van der Waals surface area contributed by atoms with Gasteiger partial charge in [0.15, 0.2) is 9.84 Å². The van der Waals surface area contributed by atoms with Gasteiger partial charge in [-0.25, -0.2) is 8.42 Å². The van der Waals surface area contributed by atoms with E-state index in [0.29, 0.717) is 6.42 Å². The Labute approximate surface area is 104 Å². The lowest BCUT2D eigenvalue weighted by Crippen LogP contribution is -2.29. The Morgan fingerprint density at radius 3 is 2.53 bits per heavy atom. The van der Waals surface area contributed by atoms with Crippen LogP contribution in [0.3, 0.4) is 0 Å². The Morgan fingerprint density at radius 1 is 1.29 bits per heavy atom. The van der Waals surface area contributed by atoms with E-state index >= 15 is 0 Å². The second-order valence-electron chi connectivity index (χ2n) is 4.65. The molecule has 0 radical (unpaired) electrons. The summed E-state index contributed by atoms with van der Waals surface area (Å²) >= 11 is 0. The maximum Gasteiger partial charge on any atom is 0.155 e. The van der Waals surface area contributed by atoms with Crippen molar-refractivity contribution >= 4 is 9.84 Å². The van der Waals surface area contributed by atoms with E-state index in [1.165, 1.54) is 0 Å². The third-order valence-corrected chi connectivity index (χ3v) is 4.56. The average Bonchev–Trinajstić information content (AvgIpc) is 2.22. The van der Waals surface area contributed by atoms with Crippen LogP contribution >= 0.6 is 0 Å². The highest BCUT2D eigenvalue weighted by atomic mass is 32.2. The van der Waals surface area contributed by atoms with E-state index in [9.17, 15) is 8.42 Å². The first-order valence-electron chi connectivity index (χ1n) is 5.86. The Bertz CT molecular complexity index is 480. The van der Waals surface area contributed by atoms with Gasteiger partial charge in [0.05, 0.1) is 11.5 Å². The SMILES string of the molecule is CCC(N)CS(=O)(=O)Cc1cc(C)ccc1C. The minimum absolute atomic E-state index is 0.0664. The third-order valence-electron chi connectivity index (χ3n) is 2.87. The number of hydrogen-bond donors (Lipinski definition) is 1. The van der Waals surface area contributed by atoms with Crippen LogP contribution in [-0.4, -0.2) is 20.2 Å². The van der Waals surface area contributed by atoms with Crippen molar-refractivity contribution in [3.8, 4) is 0 Å². The van der Waals surface area contributed by atoms with Crippen molar-refractivity contribution in [3.05, 3.63) is 34.9 Å². The molecule has 96 valence electrons. The van der Waals surface area contributed by atoms with Gasteiger partial charge in [-0.05, 0) is 31.4 Å². The standard InChI is InChI=1S/C13H21NO2S/c1-4-13(14)9-17(15,16)8-12-7-10(2)5-6-11(12)3/h5-7,13H,4,8-9,14H2,1-3H3. The molecule has 0 saturated carbocycles. The van der Waals surface area contributed by atoms with Gasteiger partial charge >= 0.3 is 0 Å². The van der Waals surface area contributed by atoms with Crippen LogP contribution in [0.4, 0.5) is 0 Å². The highest BCUT2D eigenvalue weighted by Gasteiger charge is 2.17. The second-order valence-corrected chi connectivity index (χ2v) is 6.76. The zero-order chi connectivity index (χ0) is 13.1. The van der Waals surface area contributed by atoms with Crippen LogP contribution in [0.2, 0.25) is 0 Å². The molecule has 1 rings (SSSR count). The van der Waals surface area contributed by atoms with Crippen LogP contribution in [0, 0.1) is 13.8 Å². The lowest BCUT2D eigenvalue weighted by molar-refractivity contribution is 0.583. The van der Waals surface area contributed by atoms with Crippen LogP contribution in [0.15, 0.2) is 18.2 Å². The number of aryl methyl sites for hydroxylation is 2. The van der Waals surface area contributed by atoms with E-state index in [-0.39, 0.29) is 17.5 Å². The summed E-state index contributed by atoms with van der Waals surface area (Å²) in [5.41, 5.74) is 8.69. The fourth-order valence-corrected chi connectivity index (χ4v) is 3.49. The predicted molar refractivity (Wildman–Crippen MR) is 71.7 cm³/mol. The summed E-state index contributed by atoms with van der Waals surface area (Å²) in [5, 5.41) is 0. The summed E-state index contributed by atoms with van der Waals surface area (Å²) in [6.45, 7) is 5.80. The van der Waals surface area contributed by atoms with Crippen LogP contribution < -0.4 is 5.73 Å². The molecule has 0 saturated heterocycles. The lowest BCUT2D eigenvalue weighted by Gasteiger charge is -2.11. The third kappa shape index (κ3) is 4.48. The van der Waals surface area contributed by atoms with Crippen LogP contribution in [0.1, 0.15) is 30.0 Å². The molecular formula is C13H21NO2S. The van der Waals surface area contributed by atoms with Gasteiger partial charge in [0.1, 0.15) is 0 Å². The molecule has 1 aromatic carbocycles. The predicted octanol–water partition coefficient (Wildman–Crippen LogP) is 1.96. The molecule has 0 heterocycles. The summed E-state index contributed by atoms with van der Waals surface area (Å²) in [4.78, 5) is 0. The van der Waals surface area contributed by atoms with Gasteiger partial charge in [-0.1, -0.05) is 30.7 Å². The van der Waals surface area contributed by atoms with Crippen molar-refractivity contribution < 1.29 is 8.42 Å². The number of hydrogen-bond acceptors (Lipinski definition) is 3. The summed E-state index contributed by atoms with van der Waals surface area (Å²) in [6.07, 6.45) is 0.687. The number of benzene rings is 1. The second kappa shape index (κ2) is 5.65. The molecule has 1 unspecified atom stereocenters. The zero-order valence-electron chi connectivity index (χ0n) is 10.7. The number of sulfone groups is 1. The van der Waals surface area contributed by atoms with E-state index in [4.69, 9.17) is 5.73 Å². The zero-order valence-corrected chi connectivity index (χ0v) is 11.5. The monoisotopic (exact) mass is 255 g/mol. The van der Waals surface area contributed by atoms with Crippen LogP contribution in [0.5, 0.6) is 0 Å². The smallest absolute Gasteiger partial charge is 0.155 e. The molecule has 2 N–H and O–H groups in total. The fraction of sp³-hybridized carbons (Fsp3) is 0.538. The molecule has 4 heteroatoms. The number of rotatable bonds is 5. The minimum atomic E-state index is -3.11. The van der Waals surface area contributed by atoms with Gasteiger partial charge in [-0.3, -0.25) is 0 Å². The maximum absolute atomic E-state index is 12.0. The molecule has 1 atom stereocenters. The normalized spacial score (nSPS) is 13.6. The molecule has 0 aliphatic rings. The van der Waals surface area contributed by atoms with Gasteiger partial charge in [0.25, 0.3) is 0 Å². The Morgan fingerprint density at radius 2 is 1.94 bits per heavy atom. The summed E-state index contributed by atoms with van der Waals surface area (Å²) in [5.74, 6) is 0.158. The average molecular weight is 255 g/mol. The number of nitrogens with two attached hydrogens (primary N) is 1. The van der Waals surface area contributed by atoms with Crippen LogP contribution in [0.25, 0.3) is 0 Å². The molecular weight excluding hydrogens is 234 g/mol. The molecule has 0 fully saturated rings. The molecule has 0 aromatic heterocycles. The van der Waals surface area contributed by atoms with E-state index in [1.807, 2.05) is 39.0 Å². The van der Waals surface area contributed by atoms with Crippen molar-refractivity contribution in [2.24, 2.45) is 5.73 Å². The summed E-state index contributed by atoms with van der Waals surface area (Å²) in [7, 11) is -3.11. The van der Waals surface area contributed by atoms with E-state index in [1.54, 1.807) is 0 Å². The molecule has 0 bridgehead atoms. The Balaban J connectivity index is 2.86. The first kappa shape index (κ1) is 14.2.